The summed E-state index contributed by atoms with van der Waals surface area (Å²) in [5, 5.41) is 0. The minimum absolute atomic E-state index is 0.377. The molecule has 0 aliphatic carbocycles. The van der Waals surface area contributed by atoms with E-state index in [-0.39, 0.29) is 0 Å². The van der Waals surface area contributed by atoms with Crippen LogP contribution in [0.5, 0.6) is 11.5 Å². The molecule has 7 heteroatoms. The summed E-state index contributed by atoms with van der Waals surface area (Å²) in [6.07, 6.45) is 2.91. The van der Waals surface area contributed by atoms with Crippen LogP contribution < -0.4 is 20.3 Å². The number of methoxy groups -OCH3 is 2. The van der Waals surface area contributed by atoms with E-state index in [1.165, 1.54) is 13.2 Å². The molecule has 2 rings (SSSR count). The number of carbonyl (C=O) groups excluding carboxylic acids is 2. The molecule has 130 valence electrons. The van der Waals surface area contributed by atoms with E-state index in [1.807, 2.05) is 18.2 Å². The number of benzene rings is 2. The van der Waals surface area contributed by atoms with Crippen LogP contribution in [-0.2, 0) is 4.79 Å². The maximum absolute atomic E-state index is 12.0. The lowest BCUT2D eigenvalue weighted by atomic mass is 10.2. The van der Waals surface area contributed by atoms with Crippen molar-refractivity contribution in [2.75, 3.05) is 14.2 Å². The lowest BCUT2D eigenvalue weighted by molar-refractivity contribution is -0.117. The average molecular weight is 405 g/mol. The molecule has 0 heterocycles. The first kappa shape index (κ1) is 18.5. The van der Waals surface area contributed by atoms with Crippen LogP contribution in [0.15, 0.2) is 53.0 Å². The summed E-state index contributed by atoms with van der Waals surface area (Å²) in [6.45, 7) is 0. The van der Waals surface area contributed by atoms with Gasteiger partial charge in [-0.25, -0.2) is 0 Å². The molecule has 0 spiro atoms. The van der Waals surface area contributed by atoms with Crippen LogP contribution in [0.25, 0.3) is 6.08 Å². The molecule has 0 saturated carbocycles. The van der Waals surface area contributed by atoms with Gasteiger partial charge in [0.2, 0.25) is 0 Å². The van der Waals surface area contributed by atoms with Crippen molar-refractivity contribution in [3.63, 3.8) is 0 Å². The Balaban J connectivity index is 1.94. The standard InChI is InChI=1S/C18H17BrN2O4/c1-24-15-6-4-3-5-12(15)8-10-17(22)20-21-18(23)13-7-9-16(25-2)14(19)11-13/h3-11H,1-2H3,(H,20,22)(H,21,23). The summed E-state index contributed by atoms with van der Waals surface area (Å²) in [5.74, 6) is 0.355. The summed E-state index contributed by atoms with van der Waals surface area (Å²) in [5.41, 5.74) is 5.80. The lowest BCUT2D eigenvalue weighted by Crippen LogP contribution is -2.40. The lowest BCUT2D eigenvalue weighted by Gasteiger charge is -2.08. The quantitative estimate of drug-likeness (QED) is 0.593. The maximum Gasteiger partial charge on any atom is 0.269 e. The Labute approximate surface area is 153 Å². The Morgan fingerprint density at radius 1 is 1.00 bits per heavy atom. The second-order valence-corrected chi connectivity index (χ2v) is 5.72. The van der Waals surface area contributed by atoms with Crippen molar-refractivity contribution in [2.45, 2.75) is 0 Å². The van der Waals surface area contributed by atoms with Crippen molar-refractivity contribution >= 4 is 33.8 Å². The predicted molar refractivity (Wildman–Crippen MR) is 98.3 cm³/mol. The molecular weight excluding hydrogens is 388 g/mol. The Hall–Kier alpha value is -2.80. The third-order valence-corrected chi connectivity index (χ3v) is 3.89. The van der Waals surface area contributed by atoms with Gasteiger partial charge in [0.1, 0.15) is 11.5 Å². The van der Waals surface area contributed by atoms with Crippen molar-refractivity contribution < 1.29 is 19.1 Å². The third kappa shape index (κ3) is 5.09. The Kier molecular flexibility index (Phi) is 6.59. The van der Waals surface area contributed by atoms with Crippen LogP contribution in [0, 0.1) is 0 Å². The zero-order chi connectivity index (χ0) is 18.2. The summed E-state index contributed by atoms with van der Waals surface area (Å²) < 4.78 is 10.9. The number of rotatable bonds is 5. The molecule has 0 atom stereocenters. The fourth-order valence-electron chi connectivity index (χ4n) is 2.01. The number of halogens is 1. The molecule has 6 nitrogen and oxygen atoms in total. The average Bonchev–Trinajstić information content (AvgIpc) is 2.64. The van der Waals surface area contributed by atoms with Crippen LogP contribution >= 0.6 is 15.9 Å². The number of hydrogen-bond acceptors (Lipinski definition) is 4. The van der Waals surface area contributed by atoms with Gasteiger partial charge in [-0.15, -0.1) is 0 Å². The highest BCUT2D eigenvalue weighted by atomic mass is 79.9. The topological polar surface area (TPSA) is 76.7 Å². The number of hydrogen-bond donors (Lipinski definition) is 2. The Morgan fingerprint density at radius 2 is 1.72 bits per heavy atom. The van der Waals surface area contributed by atoms with Crippen molar-refractivity contribution in [1.82, 2.24) is 10.9 Å². The molecule has 0 aliphatic rings. The minimum atomic E-state index is -0.466. The van der Waals surface area contributed by atoms with Gasteiger partial charge < -0.3 is 9.47 Å². The molecule has 0 aliphatic heterocycles. The largest absolute Gasteiger partial charge is 0.496 e. The molecule has 2 aromatic carbocycles. The fraction of sp³-hybridized carbons (Fsp3) is 0.111. The van der Waals surface area contributed by atoms with Crippen LogP contribution in [0.3, 0.4) is 0 Å². The summed E-state index contributed by atoms with van der Waals surface area (Å²) in [6, 6.07) is 12.1. The van der Waals surface area contributed by atoms with Gasteiger partial charge in [0.05, 0.1) is 18.7 Å². The second-order valence-electron chi connectivity index (χ2n) is 4.87. The Morgan fingerprint density at radius 3 is 2.40 bits per heavy atom. The molecule has 0 aromatic heterocycles. The Bertz CT molecular complexity index is 805. The number of para-hydroxylation sites is 1. The van der Waals surface area contributed by atoms with E-state index < -0.39 is 11.8 Å². The van der Waals surface area contributed by atoms with Gasteiger partial charge in [-0.1, -0.05) is 18.2 Å². The normalized spacial score (nSPS) is 10.4. The van der Waals surface area contributed by atoms with E-state index in [0.29, 0.717) is 21.5 Å². The van der Waals surface area contributed by atoms with Gasteiger partial charge in [0.15, 0.2) is 0 Å². The van der Waals surface area contributed by atoms with Gasteiger partial charge in [0.25, 0.3) is 11.8 Å². The summed E-state index contributed by atoms with van der Waals surface area (Å²) in [4.78, 5) is 23.9. The highest BCUT2D eigenvalue weighted by Gasteiger charge is 2.09. The number of amides is 2. The third-order valence-electron chi connectivity index (χ3n) is 3.27. The van der Waals surface area contributed by atoms with E-state index in [0.717, 1.165) is 5.56 Å². The predicted octanol–water partition coefficient (Wildman–Crippen LogP) is 2.94. The minimum Gasteiger partial charge on any atom is -0.496 e. The zero-order valence-electron chi connectivity index (χ0n) is 13.7. The van der Waals surface area contributed by atoms with Gasteiger partial charge in [-0.05, 0) is 46.3 Å². The van der Waals surface area contributed by atoms with E-state index in [2.05, 4.69) is 26.8 Å². The SMILES string of the molecule is COc1ccc(C(=O)NNC(=O)C=Cc2ccccc2OC)cc1Br. The van der Waals surface area contributed by atoms with Gasteiger partial charge in [-0.3, -0.25) is 20.4 Å². The monoisotopic (exact) mass is 404 g/mol. The summed E-state index contributed by atoms with van der Waals surface area (Å²) in [7, 11) is 3.09. The first-order valence-electron chi connectivity index (χ1n) is 7.30. The number of nitrogens with one attached hydrogen (secondary N) is 2. The van der Waals surface area contributed by atoms with E-state index in [9.17, 15) is 9.59 Å². The number of ether oxygens (including phenoxy) is 2. The molecule has 2 aromatic rings. The molecule has 0 radical (unpaired) electrons. The fourth-order valence-corrected chi connectivity index (χ4v) is 2.55. The maximum atomic E-state index is 12.0. The van der Waals surface area contributed by atoms with Gasteiger partial charge in [-0.2, -0.15) is 0 Å². The molecule has 25 heavy (non-hydrogen) atoms. The first-order valence-corrected chi connectivity index (χ1v) is 8.09. The first-order chi connectivity index (χ1) is 12.0. The zero-order valence-corrected chi connectivity index (χ0v) is 15.3. The molecule has 0 saturated heterocycles. The summed E-state index contributed by atoms with van der Waals surface area (Å²) >= 11 is 3.30. The molecular formula is C18H17BrN2O4. The smallest absolute Gasteiger partial charge is 0.269 e. The van der Waals surface area contributed by atoms with Crippen LogP contribution in [-0.4, -0.2) is 26.0 Å². The van der Waals surface area contributed by atoms with Gasteiger partial charge in [0, 0.05) is 17.2 Å². The van der Waals surface area contributed by atoms with E-state index in [4.69, 9.17) is 9.47 Å². The molecule has 0 bridgehead atoms. The number of carbonyl (C=O) groups is 2. The molecule has 0 unspecified atom stereocenters. The second kappa shape index (κ2) is 8.89. The van der Waals surface area contributed by atoms with Crippen LogP contribution in [0.4, 0.5) is 0 Å². The highest BCUT2D eigenvalue weighted by molar-refractivity contribution is 9.10. The van der Waals surface area contributed by atoms with Crippen molar-refractivity contribution in [3.8, 4) is 11.5 Å². The van der Waals surface area contributed by atoms with E-state index in [1.54, 1.807) is 37.5 Å². The highest BCUT2D eigenvalue weighted by Crippen LogP contribution is 2.25. The molecule has 2 amide bonds. The number of hydrazine groups is 1. The van der Waals surface area contributed by atoms with Crippen molar-refractivity contribution in [3.05, 3.63) is 64.1 Å². The van der Waals surface area contributed by atoms with Crippen LogP contribution in [0.2, 0.25) is 0 Å². The molecule has 2 N–H and O–H groups in total. The van der Waals surface area contributed by atoms with Gasteiger partial charge >= 0.3 is 0 Å². The van der Waals surface area contributed by atoms with Crippen molar-refractivity contribution in [1.29, 1.82) is 0 Å². The van der Waals surface area contributed by atoms with Crippen molar-refractivity contribution in [2.24, 2.45) is 0 Å². The molecule has 0 fully saturated rings. The van der Waals surface area contributed by atoms with E-state index >= 15 is 0 Å². The van der Waals surface area contributed by atoms with Crippen LogP contribution in [0.1, 0.15) is 15.9 Å².